The maximum atomic E-state index is 12.6. The van der Waals surface area contributed by atoms with E-state index in [0.717, 1.165) is 7.11 Å². The minimum atomic E-state index is -1.18. The number of hydrogen-bond donors (Lipinski definition) is 1. The fourth-order valence-electron chi connectivity index (χ4n) is 2.36. The van der Waals surface area contributed by atoms with Gasteiger partial charge in [-0.2, -0.15) is 0 Å². The van der Waals surface area contributed by atoms with Crippen molar-refractivity contribution < 1.29 is 23.8 Å². The Labute approximate surface area is 139 Å². The number of carboxylic acids is 1. The predicted molar refractivity (Wildman–Crippen MR) is 85.5 cm³/mol. The largest absolute Gasteiger partial charge is 0.481 e. The number of benzene rings is 1. The molecule has 0 saturated carbocycles. The number of aromatic nitrogens is 1. The number of hydrogen-bond acceptors (Lipinski definition) is 6. The molecule has 0 aliphatic rings. The van der Waals surface area contributed by atoms with Gasteiger partial charge in [0, 0.05) is 5.02 Å². The van der Waals surface area contributed by atoms with Gasteiger partial charge in [-0.3, -0.25) is 9.59 Å². The smallest absolute Gasteiger partial charge is 0.339 e. The van der Waals surface area contributed by atoms with Crippen LogP contribution >= 0.6 is 11.6 Å². The van der Waals surface area contributed by atoms with Crippen LogP contribution in [0, 0.1) is 0 Å². The third-order valence-corrected chi connectivity index (χ3v) is 3.66. The molecule has 0 amide bonds. The molecule has 0 bridgehead atoms. The number of carbonyl (C=O) groups excluding carboxylic acids is 1. The van der Waals surface area contributed by atoms with Crippen LogP contribution in [0.4, 0.5) is 0 Å². The van der Waals surface area contributed by atoms with Gasteiger partial charge in [-0.25, -0.2) is 9.78 Å². The molecule has 7 nitrogen and oxygen atoms in total. The number of carboxylic acid groups (broad SMARTS) is 1. The zero-order chi connectivity index (χ0) is 17.4. The minimum absolute atomic E-state index is 0.0410. The van der Waals surface area contributed by atoms with E-state index < -0.39 is 23.8 Å². The molecule has 0 radical (unpaired) electrons. The summed E-state index contributed by atoms with van der Waals surface area (Å²) in [5.41, 5.74) is -0.358. The maximum Gasteiger partial charge on any atom is 0.339 e. The van der Waals surface area contributed by atoms with Crippen LogP contribution in [0.2, 0.25) is 5.02 Å². The number of fused-ring (bicyclic) bond motifs is 2. The second kappa shape index (κ2) is 5.93. The number of halogens is 1. The SMILES string of the molecule is COC(=O)c1cc2c(=O)c3cc(Cl)ccc3oc2nc1CC(=O)O. The van der Waals surface area contributed by atoms with Gasteiger partial charge in [0.1, 0.15) is 5.58 Å². The number of methoxy groups -OCH3 is 1. The molecule has 2 aromatic heterocycles. The highest BCUT2D eigenvalue weighted by Crippen LogP contribution is 2.23. The van der Waals surface area contributed by atoms with Crippen LogP contribution < -0.4 is 5.43 Å². The summed E-state index contributed by atoms with van der Waals surface area (Å²) < 4.78 is 10.2. The molecular formula is C16H10ClNO6. The van der Waals surface area contributed by atoms with Crippen LogP contribution in [0.15, 0.2) is 33.5 Å². The molecule has 1 aromatic carbocycles. The molecule has 1 N–H and O–H groups in total. The second-order valence-corrected chi connectivity index (χ2v) is 5.41. The van der Waals surface area contributed by atoms with E-state index in [4.69, 9.17) is 21.1 Å². The first kappa shape index (κ1) is 15.9. The van der Waals surface area contributed by atoms with Crippen LogP contribution in [0.5, 0.6) is 0 Å². The van der Waals surface area contributed by atoms with Crippen LogP contribution in [0.3, 0.4) is 0 Å². The quantitative estimate of drug-likeness (QED) is 0.572. The highest BCUT2D eigenvalue weighted by molar-refractivity contribution is 6.31. The average Bonchev–Trinajstić information content (AvgIpc) is 2.54. The summed E-state index contributed by atoms with van der Waals surface area (Å²) in [6.07, 6.45) is -0.511. The molecule has 0 atom stereocenters. The molecule has 8 heteroatoms. The molecule has 0 unspecified atom stereocenters. The van der Waals surface area contributed by atoms with Crippen molar-refractivity contribution in [2.45, 2.75) is 6.42 Å². The molecule has 0 fully saturated rings. The molecule has 0 spiro atoms. The Balaban J connectivity index is 2.39. The first-order chi connectivity index (χ1) is 11.4. The van der Waals surface area contributed by atoms with E-state index in [1.807, 2.05) is 0 Å². The van der Waals surface area contributed by atoms with Crippen molar-refractivity contribution in [3.05, 3.63) is 50.8 Å². The summed E-state index contributed by atoms with van der Waals surface area (Å²) in [5.74, 6) is -1.96. The number of aliphatic carboxylic acids is 1. The Kier molecular flexibility index (Phi) is 3.94. The second-order valence-electron chi connectivity index (χ2n) is 4.97. The minimum Gasteiger partial charge on any atom is -0.481 e. The van der Waals surface area contributed by atoms with E-state index in [0.29, 0.717) is 5.02 Å². The molecule has 3 rings (SSSR count). The van der Waals surface area contributed by atoms with Crippen molar-refractivity contribution in [2.24, 2.45) is 0 Å². The Morgan fingerprint density at radius 1 is 1.29 bits per heavy atom. The first-order valence-corrected chi connectivity index (χ1v) is 7.14. The van der Waals surface area contributed by atoms with E-state index in [-0.39, 0.29) is 33.3 Å². The highest BCUT2D eigenvalue weighted by Gasteiger charge is 2.20. The first-order valence-electron chi connectivity index (χ1n) is 6.77. The van der Waals surface area contributed by atoms with Gasteiger partial charge in [-0.15, -0.1) is 0 Å². The number of carbonyl (C=O) groups is 2. The van der Waals surface area contributed by atoms with Crippen LogP contribution in [0.25, 0.3) is 22.1 Å². The molecule has 122 valence electrons. The van der Waals surface area contributed by atoms with Gasteiger partial charge in [0.15, 0.2) is 0 Å². The standard InChI is InChI=1S/C16H10ClNO6/c1-23-16(22)8-5-10-14(21)9-4-7(17)2-3-12(9)24-15(10)18-11(8)6-13(19)20/h2-5H,6H2,1H3,(H,19,20). The summed E-state index contributed by atoms with van der Waals surface area (Å²) in [6, 6.07) is 5.76. The highest BCUT2D eigenvalue weighted by atomic mass is 35.5. The van der Waals surface area contributed by atoms with E-state index in [2.05, 4.69) is 9.72 Å². The van der Waals surface area contributed by atoms with Gasteiger partial charge in [-0.05, 0) is 24.3 Å². The number of pyridine rings is 1. The van der Waals surface area contributed by atoms with Gasteiger partial charge in [0.2, 0.25) is 11.1 Å². The third-order valence-electron chi connectivity index (χ3n) is 3.43. The summed E-state index contributed by atoms with van der Waals surface area (Å²) in [6.45, 7) is 0. The van der Waals surface area contributed by atoms with Crippen molar-refractivity contribution in [3.63, 3.8) is 0 Å². The van der Waals surface area contributed by atoms with Gasteiger partial charge < -0.3 is 14.3 Å². The van der Waals surface area contributed by atoms with Gasteiger partial charge in [0.05, 0.1) is 35.6 Å². The molecule has 2 heterocycles. The lowest BCUT2D eigenvalue weighted by atomic mass is 10.1. The summed E-state index contributed by atoms with van der Waals surface area (Å²) >= 11 is 5.89. The van der Waals surface area contributed by atoms with Gasteiger partial charge in [0.25, 0.3) is 0 Å². The zero-order valence-corrected chi connectivity index (χ0v) is 13.1. The maximum absolute atomic E-state index is 12.6. The van der Waals surface area contributed by atoms with Crippen LogP contribution in [0.1, 0.15) is 16.1 Å². The Morgan fingerprint density at radius 3 is 2.71 bits per heavy atom. The summed E-state index contributed by atoms with van der Waals surface area (Å²) in [5, 5.41) is 9.61. The van der Waals surface area contributed by atoms with E-state index in [1.165, 1.54) is 18.2 Å². The molecule has 0 aliphatic carbocycles. The summed E-state index contributed by atoms with van der Waals surface area (Å²) in [4.78, 5) is 39.5. The number of esters is 1. The molecule has 0 aliphatic heterocycles. The molecular weight excluding hydrogens is 338 g/mol. The monoisotopic (exact) mass is 347 g/mol. The third kappa shape index (κ3) is 2.69. The zero-order valence-electron chi connectivity index (χ0n) is 12.3. The molecule has 24 heavy (non-hydrogen) atoms. The van der Waals surface area contributed by atoms with Crippen molar-refractivity contribution in [3.8, 4) is 0 Å². The fourth-order valence-corrected chi connectivity index (χ4v) is 2.53. The van der Waals surface area contributed by atoms with Crippen LogP contribution in [-0.2, 0) is 16.0 Å². The summed E-state index contributed by atoms with van der Waals surface area (Å²) in [7, 11) is 1.15. The van der Waals surface area contributed by atoms with Crippen LogP contribution in [-0.4, -0.2) is 29.1 Å². The lowest BCUT2D eigenvalue weighted by Gasteiger charge is -2.08. The van der Waals surface area contributed by atoms with Crippen molar-refractivity contribution >= 4 is 45.6 Å². The fraction of sp³-hybridized carbons (Fsp3) is 0.125. The lowest BCUT2D eigenvalue weighted by Crippen LogP contribution is -2.14. The Morgan fingerprint density at radius 2 is 2.04 bits per heavy atom. The van der Waals surface area contributed by atoms with E-state index in [9.17, 15) is 14.4 Å². The number of ether oxygens (including phenoxy) is 1. The van der Waals surface area contributed by atoms with Crippen molar-refractivity contribution in [1.82, 2.24) is 4.98 Å². The van der Waals surface area contributed by atoms with Gasteiger partial charge >= 0.3 is 11.9 Å². The Bertz CT molecular complexity index is 1060. The van der Waals surface area contributed by atoms with Crippen molar-refractivity contribution in [2.75, 3.05) is 7.11 Å². The average molecular weight is 348 g/mol. The molecule has 3 aromatic rings. The normalized spacial score (nSPS) is 10.9. The number of rotatable bonds is 3. The lowest BCUT2D eigenvalue weighted by molar-refractivity contribution is -0.136. The van der Waals surface area contributed by atoms with E-state index >= 15 is 0 Å². The van der Waals surface area contributed by atoms with Crippen molar-refractivity contribution in [1.29, 1.82) is 0 Å². The predicted octanol–water partition coefficient (Wildman–Crippen LogP) is 2.41. The topological polar surface area (TPSA) is 107 Å². The van der Waals surface area contributed by atoms with Gasteiger partial charge in [-0.1, -0.05) is 11.6 Å². The Hall–Kier alpha value is -2.93. The van der Waals surface area contributed by atoms with E-state index in [1.54, 1.807) is 6.07 Å². The molecule has 0 saturated heterocycles. The number of nitrogens with zero attached hydrogens (tertiary/aromatic N) is 1.